The number of carbonyl (C=O) groups excluding carboxylic acids is 2. The Morgan fingerprint density at radius 2 is 1.89 bits per heavy atom. The van der Waals surface area contributed by atoms with E-state index in [-0.39, 0.29) is 24.9 Å². The van der Waals surface area contributed by atoms with E-state index in [0.29, 0.717) is 17.8 Å². The summed E-state index contributed by atoms with van der Waals surface area (Å²) in [5.41, 5.74) is 2.58. The highest BCUT2D eigenvalue weighted by Crippen LogP contribution is 2.36. The van der Waals surface area contributed by atoms with Crippen molar-refractivity contribution < 1.29 is 24.2 Å². The van der Waals surface area contributed by atoms with Gasteiger partial charge < -0.3 is 20.5 Å². The number of nitrogens with zero attached hydrogens (tertiary/aromatic N) is 2. The van der Waals surface area contributed by atoms with Crippen LogP contribution in [0, 0.1) is 0 Å². The number of aliphatic carboxylic acids is 1. The smallest absolute Gasteiger partial charge is 0.326 e. The lowest BCUT2D eigenvalue weighted by Gasteiger charge is -2.21. The van der Waals surface area contributed by atoms with E-state index >= 15 is 0 Å². The predicted octanol–water partition coefficient (Wildman–Crippen LogP) is 3.78. The standard InChI is InChI=1S/C27H32N4O5/c1-2-36-23(32)17-28-25-24(19-11-7-4-8-12-19)30-22-16-20(13-14-31(22)25)26(33)29-21(27(34)35)15-18-9-5-3-6-10-18/h3,5-6,9-10,13-14,16,19,21,28H,2,4,7-8,11-12,15,17H2,1H3,(H,29,33)(H,34,35). The van der Waals surface area contributed by atoms with Gasteiger partial charge in [0.25, 0.3) is 5.91 Å². The fourth-order valence-corrected chi connectivity index (χ4v) is 4.70. The summed E-state index contributed by atoms with van der Waals surface area (Å²) in [4.78, 5) is 41.6. The molecule has 1 fully saturated rings. The van der Waals surface area contributed by atoms with Gasteiger partial charge in [0.1, 0.15) is 24.1 Å². The molecule has 0 radical (unpaired) electrons. The van der Waals surface area contributed by atoms with Gasteiger partial charge in [-0.3, -0.25) is 14.0 Å². The number of carbonyl (C=O) groups is 3. The van der Waals surface area contributed by atoms with Crippen LogP contribution in [0.1, 0.15) is 66.6 Å². The van der Waals surface area contributed by atoms with E-state index < -0.39 is 17.9 Å². The van der Waals surface area contributed by atoms with Crippen molar-refractivity contribution in [3.63, 3.8) is 0 Å². The molecule has 0 aliphatic heterocycles. The summed E-state index contributed by atoms with van der Waals surface area (Å²) < 4.78 is 6.89. The lowest BCUT2D eigenvalue weighted by molar-refractivity contribution is -0.141. The Kier molecular flexibility index (Phi) is 8.20. The van der Waals surface area contributed by atoms with Crippen LogP contribution in [0.5, 0.6) is 0 Å². The molecule has 2 heterocycles. The Morgan fingerprint density at radius 3 is 2.58 bits per heavy atom. The molecule has 0 saturated heterocycles. The quantitative estimate of drug-likeness (QED) is 0.368. The van der Waals surface area contributed by atoms with Crippen LogP contribution in [-0.2, 0) is 20.7 Å². The van der Waals surface area contributed by atoms with Crippen molar-refractivity contribution in [1.29, 1.82) is 0 Å². The Hall–Kier alpha value is -3.88. The summed E-state index contributed by atoms with van der Waals surface area (Å²) >= 11 is 0. The first kappa shape index (κ1) is 25.2. The number of aromatic nitrogens is 2. The predicted molar refractivity (Wildman–Crippen MR) is 135 cm³/mol. The fourth-order valence-electron chi connectivity index (χ4n) is 4.70. The van der Waals surface area contributed by atoms with Crippen LogP contribution < -0.4 is 10.6 Å². The maximum Gasteiger partial charge on any atom is 0.326 e. The fraction of sp³-hybridized carbons (Fsp3) is 0.407. The van der Waals surface area contributed by atoms with Gasteiger partial charge in [0, 0.05) is 24.1 Å². The molecular weight excluding hydrogens is 460 g/mol. The highest BCUT2D eigenvalue weighted by molar-refractivity contribution is 5.97. The number of hydrogen-bond acceptors (Lipinski definition) is 6. The molecule has 2 aromatic heterocycles. The van der Waals surface area contributed by atoms with Gasteiger partial charge in [-0.15, -0.1) is 0 Å². The molecule has 1 aliphatic carbocycles. The number of pyridine rings is 1. The zero-order valence-electron chi connectivity index (χ0n) is 20.4. The van der Waals surface area contributed by atoms with Crippen molar-refractivity contribution in [2.45, 2.75) is 57.4 Å². The van der Waals surface area contributed by atoms with Gasteiger partial charge in [0.2, 0.25) is 0 Å². The summed E-state index contributed by atoms with van der Waals surface area (Å²) in [5, 5.41) is 15.5. The maximum atomic E-state index is 13.0. The SMILES string of the molecule is CCOC(=O)CNc1c(C2CCCCC2)nc2cc(C(=O)NC(Cc3ccccc3)C(=O)O)ccn12. The second kappa shape index (κ2) is 11.7. The molecule has 1 unspecified atom stereocenters. The van der Waals surface area contributed by atoms with E-state index in [9.17, 15) is 19.5 Å². The third-order valence-corrected chi connectivity index (χ3v) is 6.50. The monoisotopic (exact) mass is 492 g/mol. The Labute approximate surface area is 209 Å². The van der Waals surface area contributed by atoms with Gasteiger partial charge in [0.05, 0.1) is 12.3 Å². The molecule has 4 rings (SSSR count). The first-order valence-electron chi connectivity index (χ1n) is 12.4. The number of imidazole rings is 1. The Morgan fingerprint density at radius 1 is 1.14 bits per heavy atom. The molecule has 1 aliphatic rings. The van der Waals surface area contributed by atoms with Crippen molar-refractivity contribution >= 4 is 29.3 Å². The first-order chi connectivity index (χ1) is 17.5. The minimum atomic E-state index is -1.10. The topological polar surface area (TPSA) is 122 Å². The van der Waals surface area contributed by atoms with E-state index in [4.69, 9.17) is 9.72 Å². The van der Waals surface area contributed by atoms with Crippen LogP contribution >= 0.6 is 0 Å². The van der Waals surface area contributed by atoms with E-state index in [2.05, 4.69) is 10.6 Å². The molecule has 190 valence electrons. The van der Waals surface area contributed by atoms with Crippen molar-refractivity contribution in [3.05, 3.63) is 65.5 Å². The minimum Gasteiger partial charge on any atom is -0.480 e. The van der Waals surface area contributed by atoms with Crippen LogP contribution in [0.15, 0.2) is 48.7 Å². The number of esters is 1. The van der Waals surface area contributed by atoms with E-state index in [1.807, 2.05) is 34.7 Å². The highest BCUT2D eigenvalue weighted by Gasteiger charge is 2.25. The lowest BCUT2D eigenvalue weighted by atomic mass is 9.87. The summed E-state index contributed by atoms with van der Waals surface area (Å²) in [6.07, 6.45) is 7.40. The van der Waals surface area contributed by atoms with Gasteiger partial charge in [-0.2, -0.15) is 0 Å². The van der Waals surface area contributed by atoms with Crippen molar-refractivity contribution in [1.82, 2.24) is 14.7 Å². The van der Waals surface area contributed by atoms with Crippen LogP contribution in [0.2, 0.25) is 0 Å². The van der Waals surface area contributed by atoms with E-state index in [1.54, 1.807) is 25.3 Å². The Bertz CT molecular complexity index is 1220. The zero-order valence-corrected chi connectivity index (χ0v) is 20.4. The molecule has 0 spiro atoms. The third-order valence-electron chi connectivity index (χ3n) is 6.50. The number of fused-ring (bicyclic) bond motifs is 1. The number of rotatable bonds is 10. The number of hydrogen-bond donors (Lipinski definition) is 3. The van der Waals surface area contributed by atoms with Gasteiger partial charge in [-0.05, 0) is 37.5 Å². The molecule has 9 nitrogen and oxygen atoms in total. The number of amides is 1. The number of nitrogens with one attached hydrogen (secondary N) is 2. The van der Waals surface area contributed by atoms with Gasteiger partial charge in [0.15, 0.2) is 0 Å². The third kappa shape index (κ3) is 6.02. The van der Waals surface area contributed by atoms with Crippen LogP contribution in [0.25, 0.3) is 5.65 Å². The summed E-state index contributed by atoms with van der Waals surface area (Å²) in [7, 11) is 0. The van der Waals surface area contributed by atoms with Crippen molar-refractivity contribution in [2.75, 3.05) is 18.5 Å². The number of ether oxygens (including phenoxy) is 1. The van der Waals surface area contributed by atoms with Gasteiger partial charge in [-0.25, -0.2) is 9.78 Å². The minimum absolute atomic E-state index is 0.0172. The molecule has 3 N–H and O–H groups in total. The van der Waals surface area contributed by atoms with Crippen LogP contribution in [0.4, 0.5) is 5.82 Å². The van der Waals surface area contributed by atoms with Gasteiger partial charge >= 0.3 is 11.9 Å². The summed E-state index contributed by atoms with van der Waals surface area (Å²) in [6.45, 7) is 2.09. The molecule has 1 aromatic carbocycles. The number of carboxylic acid groups (broad SMARTS) is 1. The van der Waals surface area contributed by atoms with E-state index in [1.165, 1.54) is 6.42 Å². The number of anilines is 1. The number of carboxylic acids is 1. The van der Waals surface area contributed by atoms with Crippen LogP contribution in [-0.4, -0.2) is 51.5 Å². The molecular formula is C27H32N4O5. The van der Waals surface area contributed by atoms with Crippen molar-refractivity contribution in [3.8, 4) is 0 Å². The number of benzene rings is 1. The lowest BCUT2D eigenvalue weighted by Crippen LogP contribution is -2.42. The zero-order chi connectivity index (χ0) is 25.5. The molecule has 36 heavy (non-hydrogen) atoms. The molecule has 1 saturated carbocycles. The normalized spacial score (nSPS) is 14.8. The average molecular weight is 493 g/mol. The molecule has 0 bridgehead atoms. The highest BCUT2D eigenvalue weighted by atomic mass is 16.5. The molecule has 3 aromatic rings. The molecule has 1 atom stereocenters. The van der Waals surface area contributed by atoms with Gasteiger partial charge in [-0.1, -0.05) is 49.6 Å². The molecule has 1 amide bonds. The van der Waals surface area contributed by atoms with Crippen molar-refractivity contribution in [2.24, 2.45) is 0 Å². The average Bonchev–Trinajstić information content (AvgIpc) is 3.26. The van der Waals surface area contributed by atoms with Crippen LogP contribution in [0.3, 0.4) is 0 Å². The second-order valence-electron chi connectivity index (χ2n) is 9.04. The second-order valence-corrected chi connectivity index (χ2v) is 9.04. The summed E-state index contributed by atoms with van der Waals surface area (Å²) in [5.74, 6) is -0.938. The van der Waals surface area contributed by atoms with E-state index in [0.717, 1.165) is 42.8 Å². The Balaban J connectivity index is 1.58. The largest absolute Gasteiger partial charge is 0.480 e. The maximum absolute atomic E-state index is 13.0. The summed E-state index contributed by atoms with van der Waals surface area (Å²) in [6, 6.07) is 11.4. The molecule has 9 heteroatoms. The first-order valence-corrected chi connectivity index (χ1v) is 12.4.